The number of sulfone groups is 1. The van der Waals surface area contributed by atoms with Crippen LogP contribution in [0.25, 0.3) is 0 Å². The zero-order chi connectivity index (χ0) is 19.4. The number of nitrogens with zero attached hydrogens (tertiary/aromatic N) is 1. The molecule has 1 aliphatic rings. The Morgan fingerprint density at radius 3 is 2.37 bits per heavy atom. The first-order valence-corrected chi connectivity index (χ1v) is 11.1. The monoisotopic (exact) mass is 407 g/mol. The Hall–Kier alpha value is -2.05. The van der Waals surface area contributed by atoms with Crippen molar-refractivity contribution in [2.45, 2.75) is 25.9 Å². The summed E-state index contributed by atoms with van der Waals surface area (Å²) in [6.07, 6.45) is 0.457. The van der Waals surface area contributed by atoms with Gasteiger partial charge in [-0.3, -0.25) is 4.79 Å². The van der Waals surface area contributed by atoms with E-state index in [2.05, 4.69) is 0 Å². The number of hydrogen-bond acceptors (Lipinski definition) is 4. The van der Waals surface area contributed by atoms with E-state index in [1.54, 1.807) is 41.3 Å². The predicted octanol–water partition coefficient (Wildman–Crippen LogP) is 3.57. The minimum absolute atomic E-state index is 0.00333. The molecule has 144 valence electrons. The second-order valence-corrected chi connectivity index (χ2v) is 9.24. The third-order valence-corrected chi connectivity index (χ3v) is 6.59. The molecule has 27 heavy (non-hydrogen) atoms. The maximum absolute atomic E-state index is 13.1. The van der Waals surface area contributed by atoms with Crippen LogP contribution in [0.5, 0.6) is 5.75 Å². The minimum Gasteiger partial charge on any atom is -0.494 e. The summed E-state index contributed by atoms with van der Waals surface area (Å²) in [5.41, 5.74) is 1.42. The fourth-order valence-electron chi connectivity index (χ4n) is 3.20. The SMILES string of the molecule is CCOc1ccc(C(=O)N(Cc2ccc(Cl)cc2)[C@H]2CCS(=O)(=O)C2)cc1. The van der Waals surface area contributed by atoms with Crippen LogP contribution in [0.4, 0.5) is 0 Å². The van der Waals surface area contributed by atoms with E-state index in [0.29, 0.717) is 35.9 Å². The molecule has 1 heterocycles. The number of carbonyl (C=O) groups is 1. The third kappa shape index (κ3) is 5.02. The molecule has 0 spiro atoms. The molecule has 5 nitrogen and oxygen atoms in total. The van der Waals surface area contributed by atoms with Crippen LogP contribution in [0, 0.1) is 0 Å². The molecule has 1 fully saturated rings. The molecule has 1 atom stereocenters. The van der Waals surface area contributed by atoms with E-state index < -0.39 is 9.84 Å². The topological polar surface area (TPSA) is 63.7 Å². The molecule has 0 bridgehead atoms. The highest BCUT2D eigenvalue weighted by Gasteiger charge is 2.35. The van der Waals surface area contributed by atoms with Crippen molar-refractivity contribution in [3.05, 3.63) is 64.7 Å². The Morgan fingerprint density at radius 1 is 1.15 bits per heavy atom. The number of amides is 1. The lowest BCUT2D eigenvalue weighted by molar-refractivity contribution is 0.0681. The highest BCUT2D eigenvalue weighted by atomic mass is 35.5. The zero-order valence-electron chi connectivity index (χ0n) is 15.1. The fourth-order valence-corrected chi connectivity index (χ4v) is 5.06. The summed E-state index contributed by atoms with van der Waals surface area (Å²) >= 11 is 5.94. The average Bonchev–Trinajstić information content (AvgIpc) is 3.01. The van der Waals surface area contributed by atoms with Crippen molar-refractivity contribution in [1.82, 2.24) is 4.90 Å². The molecule has 0 radical (unpaired) electrons. The van der Waals surface area contributed by atoms with Gasteiger partial charge in [-0.1, -0.05) is 23.7 Å². The first-order chi connectivity index (χ1) is 12.9. The second-order valence-electron chi connectivity index (χ2n) is 6.57. The molecule has 0 saturated carbocycles. The lowest BCUT2D eigenvalue weighted by atomic mass is 10.1. The van der Waals surface area contributed by atoms with E-state index >= 15 is 0 Å². The lowest BCUT2D eigenvalue weighted by Crippen LogP contribution is -2.40. The largest absolute Gasteiger partial charge is 0.494 e. The molecule has 0 aliphatic carbocycles. The normalized spacial score (nSPS) is 18.2. The predicted molar refractivity (Wildman–Crippen MR) is 106 cm³/mol. The van der Waals surface area contributed by atoms with Crippen molar-refractivity contribution in [1.29, 1.82) is 0 Å². The quantitative estimate of drug-likeness (QED) is 0.734. The van der Waals surface area contributed by atoms with Crippen LogP contribution < -0.4 is 4.74 Å². The van der Waals surface area contributed by atoms with Gasteiger partial charge in [-0.2, -0.15) is 0 Å². The number of rotatable bonds is 6. The number of halogens is 1. The molecule has 0 unspecified atom stereocenters. The lowest BCUT2D eigenvalue weighted by Gasteiger charge is -2.28. The van der Waals surface area contributed by atoms with E-state index in [0.717, 1.165) is 5.56 Å². The van der Waals surface area contributed by atoms with Gasteiger partial charge in [-0.05, 0) is 55.3 Å². The summed E-state index contributed by atoms with van der Waals surface area (Å²) in [4.78, 5) is 14.8. The van der Waals surface area contributed by atoms with Gasteiger partial charge in [0.1, 0.15) is 5.75 Å². The number of hydrogen-bond donors (Lipinski definition) is 0. The first kappa shape index (κ1) is 19.7. The molecule has 2 aromatic rings. The van der Waals surface area contributed by atoms with Crippen LogP contribution in [0.1, 0.15) is 29.3 Å². The molecular formula is C20H22ClNO4S. The van der Waals surface area contributed by atoms with Crippen molar-refractivity contribution < 1.29 is 17.9 Å². The number of benzene rings is 2. The minimum atomic E-state index is -3.10. The van der Waals surface area contributed by atoms with Gasteiger partial charge in [0.05, 0.1) is 18.1 Å². The number of carbonyl (C=O) groups excluding carboxylic acids is 1. The standard InChI is InChI=1S/C20H22ClNO4S/c1-2-26-19-9-5-16(6-10-19)20(23)22(18-11-12-27(24,25)14-18)13-15-3-7-17(21)8-4-15/h3-10,18H,2,11-14H2,1H3/t18-/m0/s1. The Balaban J connectivity index is 1.86. The molecule has 3 rings (SSSR count). The molecule has 1 amide bonds. The smallest absolute Gasteiger partial charge is 0.254 e. The van der Waals surface area contributed by atoms with Crippen molar-refractivity contribution in [3.8, 4) is 5.75 Å². The zero-order valence-corrected chi connectivity index (χ0v) is 16.7. The molecule has 1 saturated heterocycles. The summed E-state index contributed by atoms with van der Waals surface area (Å²) < 4.78 is 29.3. The van der Waals surface area contributed by atoms with Gasteiger partial charge in [-0.25, -0.2) is 8.42 Å². The Labute approximate surface area is 164 Å². The van der Waals surface area contributed by atoms with Crippen molar-refractivity contribution in [2.24, 2.45) is 0 Å². The Bertz CT molecular complexity index is 895. The van der Waals surface area contributed by atoms with Crippen molar-refractivity contribution in [3.63, 3.8) is 0 Å². The molecule has 2 aromatic carbocycles. The van der Waals surface area contributed by atoms with E-state index in [1.165, 1.54) is 0 Å². The highest BCUT2D eigenvalue weighted by molar-refractivity contribution is 7.91. The molecular weight excluding hydrogens is 386 g/mol. The highest BCUT2D eigenvalue weighted by Crippen LogP contribution is 2.24. The van der Waals surface area contributed by atoms with Gasteiger partial charge in [0.25, 0.3) is 5.91 Å². The summed E-state index contributed by atoms with van der Waals surface area (Å²) in [5, 5.41) is 0.617. The number of ether oxygens (including phenoxy) is 1. The molecule has 0 N–H and O–H groups in total. The van der Waals surface area contributed by atoms with Gasteiger partial charge in [0.2, 0.25) is 0 Å². The maximum atomic E-state index is 13.1. The van der Waals surface area contributed by atoms with Crippen LogP contribution in [0.3, 0.4) is 0 Å². The van der Waals surface area contributed by atoms with Gasteiger partial charge < -0.3 is 9.64 Å². The molecule has 7 heteroatoms. The second kappa shape index (κ2) is 8.31. The summed E-state index contributed by atoms with van der Waals surface area (Å²) in [7, 11) is -3.10. The van der Waals surface area contributed by atoms with Gasteiger partial charge in [0, 0.05) is 23.2 Å². The van der Waals surface area contributed by atoms with Crippen LogP contribution in [-0.4, -0.2) is 43.4 Å². The van der Waals surface area contributed by atoms with Crippen LogP contribution in [0.2, 0.25) is 5.02 Å². The van der Waals surface area contributed by atoms with Crippen molar-refractivity contribution >= 4 is 27.3 Å². The summed E-state index contributed by atoms with van der Waals surface area (Å²) in [5.74, 6) is 0.631. The van der Waals surface area contributed by atoms with E-state index in [4.69, 9.17) is 16.3 Å². The first-order valence-electron chi connectivity index (χ1n) is 8.86. The van der Waals surface area contributed by atoms with E-state index in [9.17, 15) is 13.2 Å². The van der Waals surface area contributed by atoms with E-state index in [1.807, 2.05) is 19.1 Å². The average molecular weight is 408 g/mol. The van der Waals surface area contributed by atoms with Crippen molar-refractivity contribution in [2.75, 3.05) is 18.1 Å². The maximum Gasteiger partial charge on any atom is 0.254 e. The Kier molecular flexibility index (Phi) is 6.07. The van der Waals surface area contributed by atoms with Gasteiger partial charge in [0.15, 0.2) is 9.84 Å². The van der Waals surface area contributed by atoms with Crippen LogP contribution >= 0.6 is 11.6 Å². The molecule has 1 aliphatic heterocycles. The molecule has 0 aromatic heterocycles. The van der Waals surface area contributed by atoms with Crippen LogP contribution in [0.15, 0.2) is 48.5 Å². The van der Waals surface area contributed by atoms with Gasteiger partial charge >= 0.3 is 0 Å². The summed E-state index contributed by atoms with van der Waals surface area (Å²) in [6.45, 7) is 2.78. The van der Waals surface area contributed by atoms with E-state index in [-0.39, 0.29) is 23.5 Å². The Morgan fingerprint density at radius 2 is 1.81 bits per heavy atom. The third-order valence-electron chi connectivity index (χ3n) is 4.59. The fraction of sp³-hybridized carbons (Fsp3) is 0.350. The van der Waals surface area contributed by atoms with Crippen LogP contribution in [-0.2, 0) is 16.4 Å². The van der Waals surface area contributed by atoms with Gasteiger partial charge in [-0.15, -0.1) is 0 Å². The summed E-state index contributed by atoms with van der Waals surface area (Å²) in [6, 6.07) is 13.8.